The zero-order valence-electron chi connectivity index (χ0n) is 10.4. The summed E-state index contributed by atoms with van der Waals surface area (Å²) in [7, 11) is 4.26. The molecule has 92 valence electrons. The van der Waals surface area contributed by atoms with Gasteiger partial charge in [-0.15, -0.1) is 0 Å². The summed E-state index contributed by atoms with van der Waals surface area (Å²) in [4.78, 5) is 23.4. The van der Waals surface area contributed by atoms with Crippen molar-refractivity contribution in [3.63, 3.8) is 0 Å². The molecule has 0 heterocycles. The number of carbonyl (C=O) groups excluding carboxylic acids is 2. The molecule has 0 saturated carbocycles. The number of aryl methyl sites for hydroxylation is 1. The second-order valence-corrected chi connectivity index (χ2v) is 3.64. The SMILES string of the molecule is COC(=O)N(C)N(C)C(=O)c1ccccc1C. The summed E-state index contributed by atoms with van der Waals surface area (Å²) < 4.78 is 4.54. The van der Waals surface area contributed by atoms with E-state index >= 15 is 0 Å². The fourth-order valence-corrected chi connectivity index (χ4v) is 1.38. The number of amides is 2. The number of hydrazine groups is 1. The number of benzene rings is 1. The van der Waals surface area contributed by atoms with Crippen LogP contribution in [0.25, 0.3) is 0 Å². The Morgan fingerprint density at radius 2 is 1.71 bits per heavy atom. The van der Waals surface area contributed by atoms with Gasteiger partial charge in [-0.05, 0) is 18.6 Å². The van der Waals surface area contributed by atoms with Gasteiger partial charge in [-0.2, -0.15) is 0 Å². The summed E-state index contributed by atoms with van der Waals surface area (Å²) in [6, 6.07) is 7.21. The predicted molar refractivity (Wildman–Crippen MR) is 63.4 cm³/mol. The van der Waals surface area contributed by atoms with Crippen LogP contribution >= 0.6 is 0 Å². The van der Waals surface area contributed by atoms with Crippen LogP contribution in [0.2, 0.25) is 0 Å². The Bertz CT molecular complexity index is 432. The molecule has 0 bridgehead atoms. The van der Waals surface area contributed by atoms with Crippen molar-refractivity contribution in [2.45, 2.75) is 6.92 Å². The van der Waals surface area contributed by atoms with Crippen LogP contribution < -0.4 is 0 Å². The fourth-order valence-electron chi connectivity index (χ4n) is 1.38. The van der Waals surface area contributed by atoms with Crippen molar-refractivity contribution in [2.75, 3.05) is 21.2 Å². The molecule has 0 atom stereocenters. The predicted octanol–water partition coefficient (Wildman–Crippen LogP) is 1.68. The van der Waals surface area contributed by atoms with Crippen molar-refractivity contribution >= 4 is 12.0 Å². The molecule has 0 aliphatic carbocycles. The van der Waals surface area contributed by atoms with Crippen LogP contribution in [0, 0.1) is 6.92 Å². The van der Waals surface area contributed by atoms with Crippen LogP contribution in [0.4, 0.5) is 4.79 Å². The van der Waals surface area contributed by atoms with Crippen LogP contribution in [0.15, 0.2) is 24.3 Å². The zero-order chi connectivity index (χ0) is 13.0. The van der Waals surface area contributed by atoms with Gasteiger partial charge < -0.3 is 4.74 Å². The highest BCUT2D eigenvalue weighted by molar-refractivity contribution is 5.96. The van der Waals surface area contributed by atoms with Crippen molar-refractivity contribution in [1.29, 1.82) is 0 Å². The van der Waals surface area contributed by atoms with Gasteiger partial charge in [-0.3, -0.25) is 4.79 Å². The minimum absolute atomic E-state index is 0.254. The first-order chi connectivity index (χ1) is 7.99. The fraction of sp³-hybridized carbons (Fsp3) is 0.333. The molecule has 0 aromatic heterocycles. The second kappa shape index (κ2) is 5.34. The Morgan fingerprint density at radius 1 is 1.12 bits per heavy atom. The third-order valence-electron chi connectivity index (χ3n) is 2.56. The number of hydrogen-bond donors (Lipinski definition) is 0. The van der Waals surface area contributed by atoms with Gasteiger partial charge >= 0.3 is 6.09 Å². The molecule has 0 aliphatic heterocycles. The monoisotopic (exact) mass is 236 g/mol. The normalized spacial score (nSPS) is 9.65. The number of rotatable bonds is 1. The van der Waals surface area contributed by atoms with Crippen LogP contribution in [0.1, 0.15) is 15.9 Å². The number of hydrogen-bond acceptors (Lipinski definition) is 3. The van der Waals surface area contributed by atoms with Crippen molar-refractivity contribution in [3.05, 3.63) is 35.4 Å². The van der Waals surface area contributed by atoms with Gasteiger partial charge in [-0.1, -0.05) is 18.2 Å². The van der Waals surface area contributed by atoms with E-state index in [2.05, 4.69) is 4.74 Å². The minimum atomic E-state index is -0.588. The van der Waals surface area contributed by atoms with Gasteiger partial charge in [0.15, 0.2) is 0 Å². The first-order valence-electron chi connectivity index (χ1n) is 5.14. The van der Waals surface area contributed by atoms with Gasteiger partial charge in [0.25, 0.3) is 5.91 Å². The topological polar surface area (TPSA) is 49.9 Å². The molecule has 0 saturated heterocycles. The zero-order valence-corrected chi connectivity index (χ0v) is 10.4. The van der Waals surface area contributed by atoms with Crippen LogP contribution in [0.3, 0.4) is 0 Å². The van der Waals surface area contributed by atoms with E-state index in [1.807, 2.05) is 19.1 Å². The molecule has 5 nitrogen and oxygen atoms in total. The van der Waals surface area contributed by atoms with Gasteiger partial charge in [0.05, 0.1) is 7.11 Å². The van der Waals surface area contributed by atoms with E-state index in [1.165, 1.54) is 26.2 Å². The molecule has 0 N–H and O–H groups in total. The minimum Gasteiger partial charge on any atom is -0.452 e. The third-order valence-corrected chi connectivity index (χ3v) is 2.56. The highest BCUT2D eigenvalue weighted by Crippen LogP contribution is 2.10. The lowest BCUT2D eigenvalue weighted by atomic mass is 10.1. The van der Waals surface area contributed by atoms with Gasteiger partial charge in [0, 0.05) is 19.7 Å². The standard InChI is InChI=1S/C12H16N2O3/c1-9-7-5-6-8-10(9)11(15)13(2)14(3)12(16)17-4/h5-8H,1-4H3. The quantitative estimate of drug-likeness (QED) is 0.697. The summed E-state index contributed by atoms with van der Waals surface area (Å²) in [5, 5.41) is 2.34. The Kier molecular flexibility index (Phi) is 4.09. The van der Waals surface area contributed by atoms with E-state index in [4.69, 9.17) is 0 Å². The molecule has 1 aromatic carbocycles. The number of carbonyl (C=O) groups is 2. The van der Waals surface area contributed by atoms with Gasteiger partial charge in [0.2, 0.25) is 0 Å². The molecule has 17 heavy (non-hydrogen) atoms. The van der Waals surface area contributed by atoms with Crippen molar-refractivity contribution in [3.8, 4) is 0 Å². The molecule has 1 rings (SSSR count). The first-order valence-corrected chi connectivity index (χ1v) is 5.14. The van der Waals surface area contributed by atoms with Crippen molar-refractivity contribution < 1.29 is 14.3 Å². The molecule has 0 unspecified atom stereocenters. The number of methoxy groups -OCH3 is 1. The number of nitrogens with zero attached hydrogens (tertiary/aromatic N) is 2. The van der Waals surface area contributed by atoms with E-state index < -0.39 is 6.09 Å². The second-order valence-electron chi connectivity index (χ2n) is 3.64. The maximum atomic E-state index is 12.1. The third kappa shape index (κ3) is 2.75. The summed E-state index contributed by atoms with van der Waals surface area (Å²) >= 11 is 0. The highest BCUT2D eigenvalue weighted by atomic mass is 16.5. The Labute approximate surface area is 101 Å². The van der Waals surface area contributed by atoms with Gasteiger partial charge in [-0.25, -0.2) is 14.8 Å². The average Bonchev–Trinajstić information content (AvgIpc) is 2.35. The molecule has 0 aliphatic rings. The van der Waals surface area contributed by atoms with E-state index in [-0.39, 0.29) is 5.91 Å². The average molecular weight is 236 g/mol. The summed E-state index contributed by atoms with van der Waals surface area (Å²) in [6.45, 7) is 1.85. The summed E-state index contributed by atoms with van der Waals surface area (Å²) in [5.74, 6) is -0.254. The van der Waals surface area contributed by atoms with Crippen molar-refractivity contribution in [1.82, 2.24) is 10.0 Å². The maximum Gasteiger partial charge on any atom is 0.428 e. The Hall–Kier alpha value is -2.04. The molecule has 0 spiro atoms. The number of ether oxygens (including phenoxy) is 1. The molecular formula is C12H16N2O3. The lowest BCUT2D eigenvalue weighted by Crippen LogP contribution is -2.44. The van der Waals surface area contributed by atoms with Gasteiger partial charge in [0.1, 0.15) is 0 Å². The van der Waals surface area contributed by atoms with E-state index in [0.717, 1.165) is 10.6 Å². The van der Waals surface area contributed by atoms with Crippen LogP contribution in [-0.2, 0) is 4.74 Å². The molecular weight excluding hydrogens is 220 g/mol. The van der Waals surface area contributed by atoms with Crippen LogP contribution in [-0.4, -0.2) is 43.2 Å². The molecule has 1 aromatic rings. The first kappa shape index (κ1) is 13.0. The molecule has 5 heteroatoms. The van der Waals surface area contributed by atoms with Crippen molar-refractivity contribution in [2.24, 2.45) is 0 Å². The van der Waals surface area contributed by atoms with E-state index in [0.29, 0.717) is 5.56 Å². The summed E-state index contributed by atoms with van der Waals surface area (Å²) in [6.07, 6.45) is -0.588. The lowest BCUT2D eigenvalue weighted by Gasteiger charge is -2.27. The Morgan fingerprint density at radius 3 is 2.24 bits per heavy atom. The Balaban J connectivity index is 2.91. The smallest absolute Gasteiger partial charge is 0.428 e. The largest absolute Gasteiger partial charge is 0.452 e. The lowest BCUT2D eigenvalue weighted by molar-refractivity contribution is 0.0192. The summed E-state index contributed by atoms with van der Waals surface area (Å²) in [5.41, 5.74) is 1.42. The van der Waals surface area contributed by atoms with Crippen LogP contribution in [0.5, 0.6) is 0 Å². The van der Waals surface area contributed by atoms with E-state index in [9.17, 15) is 9.59 Å². The maximum absolute atomic E-state index is 12.1. The molecule has 0 fully saturated rings. The van der Waals surface area contributed by atoms with E-state index in [1.54, 1.807) is 12.1 Å². The molecule has 2 amide bonds. The molecule has 0 radical (unpaired) electrons. The highest BCUT2D eigenvalue weighted by Gasteiger charge is 2.21.